The number of hydrogen-bond acceptors (Lipinski definition) is 2. The Kier molecular flexibility index (Phi) is 4.29. The van der Waals surface area contributed by atoms with Gasteiger partial charge in [0.05, 0.1) is 5.41 Å². The summed E-state index contributed by atoms with van der Waals surface area (Å²) in [6.45, 7) is 4.09. The van der Waals surface area contributed by atoms with Crippen molar-refractivity contribution in [2.24, 2.45) is 5.41 Å². The Bertz CT molecular complexity index is 506. The van der Waals surface area contributed by atoms with E-state index in [-0.39, 0.29) is 11.3 Å². The summed E-state index contributed by atoms with van der Waals surface area (Å²) < 4.78 is 0. The molecule has 1 saturated heterocycles. The van der Waals surface area contributed by atoms with Gasteiger partial charge in [-0.15, -0.1) is 0 Å². The topological polar surface area (TPSA) is 41.1 Å². The molecule has 3 rings (SSSR count). The molecule has 1 fully saturated rings. The fourth-order valence-corrected chi connectivity index (χ4v) is 3.81. The summed E-state index contributed by atoms with van der Waals surface area (Å²) in [5.41, 5.74) is 2.72. The molecular formula is C18H26N2O. The highest BCUT2D eigenvalue weighted by Gasteiger charge is 2.38. The van der Waals surface area contributed by atoms with Crippen molar-refractivity contribution in [1.29, 1.82) is 0 Å². The number of nitrogens with one attached hydrogen (secondary N) is 2. The van der Waals surface area contributed by atoms with Crippen molar-refractivity contribution in [2.45, 2.75) is 51.5 Å². The van der Waals surface area contributed by atoms with E-state index in [0.29, 0.717) is 6.04 Å². The predicted molar refractivity (Wildman–Crippen MR) is 85.2 cm³/mol. The van der Waals surface area contributed by atoms with Gasteiger partial charge >= 0.3 is 0 Å². The Hall–Kier alpha value is -1.35. The molecule has 0 bridgehead atoms. The van der Waals surface area contributed by atoms with E-state index in [0.717, 1.165) is 51.6 Å². The fraction of sp³-hybridized carbons (Fsp3) is 0.611. The van der Waals surface area contributed by atoms with E-state index < -0.39 is 0 Å². The zero-order valence-electron chi connectivity index (χ0n) is 13.0. The summed E-state index contributed by atoms with van der Waals surface area (Å²) in [4.78, 5) is 12.8. The lowest BCUT2D eigenvalue weighted by molar-refractivity contribution is -0.133. The minimum absolute atomic E-state index is 0.137. The number of amides is 1. The van der Waals surface area contributed by atoms with Gasteiger partial charge in [0.25, 0.3) is 0 Å². The van der Waals surface area contributed by atoms with Crippen molar-refractivity contribution < 1.29 is 4.79 Å². The molecule has 3 heteroatoms. The Morgan fingerprint density at radius 2 is 2.00 bits per heavy atom. The summed E-state index contributed by atoms with van der Waals surface area (Å²) in [6, 6.07) is 8.94. The number of aryl methyl sites for hydroxylation is 1. The average Bonchev–Trinajstić information content (AvgIpc) is 2.55. The summed E-state index contributed by atoms with van der Waals surface area (Å²) in [6.07, 6.45) is 6.03. The monoisotopic (exact) mass is 286 g/mol. The third kappa shape index (κ3) is 2.98. The van der Waals surface area contributed by atoms with E-state index in [1.165, 1.54) is 11.1 Å². The molecule has 21 heavy (non-hydrogen) atoms. The maximum Gasteiger partial charge on any atom is 0.226 e. The molecular weight excluding hydrogens is 260 g/mol. The highest BCUT2D eigenvalue weighted by Crippen LogP contribution is 2.33. The zero-order chi connectivity index (χ0) is 14.7. The van der Waals surface area contributed by atoms with Crippen molar-refractivity contribution in [1.82, 2.24) is 10.6 Å². The van der Waals surface area contributed by atoms with Crippen LogP contribution in [0.15, 0.2) is 24.3 Å². The maximum atomic E-state index is 12.8. The maximum absolute atomic E-state index is 12.8. The quantitative estimate of drug-likeness (QED) is 0.896. The van der Waals surface area contributed by atoms with E-state index in [2.05, 4.69) is 41.8 Å². The van der Waals surface area contributed by atoms with Crippen LogP contribution in [-0.2, 0) is 17.6 Å². The number of hydrogen-bond donors (Lipinski definition) is 2. The number of benzene rings is 1. The summed E-state index contributed by atoms with van der Waals surface area (Å²) in [5.74, 6) is 0.288. The highest BCUT2D eigenvalue weighted by molar-refractivity contribution is 5.83. The standard InChI is InChI=1S/C18H26N2O/c1-2-18(9-11-19-12-10-18)17(21)20-16-8-7-14-5-3-4-6-15(14)13-16/h3-6,16,19H,2,7-13H2,1H3,(H,20,21). The van der Waals surface area contributed by atoms with Crippen molar-refractivity contribution in [3.05, 3.63) is 35.4 Å². The van der Waals surface area contributed by atoms with Crippen LogP contribution < -0.4 is 10.6 Å². The van der Waals surface area contributed by atoms with Crippen LogP contribution in [0.1, 0.15) is 43.7 Å². The average molecular weight is 286 g/mol. The first-order valence-corrected chi connectivity index (χ1v) is 8.32. The Balaban J connectivity index is 1.65. The lowest BCUT2D eigenvalue weighted by atomic mass is 9.75. The summed E-state index contributed by atoms with van der Waals surface area (Å²) >= 11 is 0. The van der Waals surface area contributed by atoms with Gasteiger partial charge in [-0.25, -0.2) is 0 Å². The van der Waals surface area contributed by atoms with Gasteiger partial charge in [-0.05, 0) is 62.7 Å². The predicted octanol–water partition coefficient (Wildman–Crippen LogP) is 2.44. The van der Waals surface area contributed by atoms with E-state index in [1.54, 1.807) is 0 Å². The second kappa shape index (κ2) is 6.18. The smallest absolute Gasteiger partial charge is 0.226 e. The van der Waals surface area contributed by atoms with Gasteiger partial charge in [0, 0.05) is 6.04 Å². The van der Waals surface area contributed by atoms with Crippen molar-refractivity contribution >= 4 is 5.91 Å². The second-order valence-corrected chi connectivity index (χ2v) is 6.57. The zero-order valence-corrected chi connectivity index (χ0v) is 13.0. The molecule has 0 radical (unpaired) electrons. The van der Waals surface area contributed by atoms with E-state index >= 15 is 0 Å². The number of piperidine rings is 1. The van der Waals surface area contributed by atoms with E-state index in [9.17, 15) is 4.79 Å². The van der Waals surface area contributed by atoms with Crippen molar-refractivity contribution in [3.8, 4) is 0 Å². The van der Waals surface area contributed by atoms with Gasteiger partial charge in [0.2, 0.25) is 5.91 Å². The van der Waals surface area contributed by atoms with Crippen molar-refractivity contribution in [3.63, 3.8) is 0 Å². The first-order chi connectivity index (χ1) is 10.2. The Morgan fingerprint density at radius 1 is 1.29 bits per heavy atom. The van der Waals surface area contributed by atoms with Gasteiger partial charge in [0.15, 0.2) is 0 Å². The van der Waals surface area contributed by atoms with Crippen LogP contribution in [-0.4, -0.2) is 25.0 Å². The largest absolute Gasteiger partial charge is 0.353 e. The normalized spacial score (nSPS) is 24.1. The number of carbonyl (C=O) groups excluding carboxylic acids is 1. The SMILES string of the molecule is CCC1(C(=O)NC2CCc3ccccc3C2)CCNCC1. The number of fused-ring (bicyclic) bond motifs is 1. The molecule has 1 aliphatic carbocycles. The molecule has 2 aliphatic rings. The number of carbonyl (C=O) groups is 1. The molecule has 1 aromatic carbocycles. The third-order valence-electron chi connectivity index (χ3n) is 5.40. The van der Waals surface area contributed by atoms with Gasteiger partial charge in [0.1, 0.15) is 0 Å². The lowest BCUT2D eigenvalue weighted by Gasteiger charge is -2.37. The van der Waals surface area contributed by atoms with Crippen molar-refractivity contribution in [2.75, 3.05) is 13.1 Å². The fourth-order valence-electron chi connectivity index (χ4n) is 3.81. The number of rotatable bonds is 3. The van der Waals surface area contributed by atoms with E-state index in [4.69, 9.17) is 0 Å². The molecule has 0 aromatic heterocycles. The third-order valence-corrected chi connectivity index (χ3v) is 5.40. The van der Waals surface area contributed by atoms with Crippen LogP contribution >= 0.6 is 0 Å². The van der Waals surface area contributed by atoms with Crippen LogP contribution in [0.25, 0.3) is 0 Å². The van der Waals surface area contributed by atoms with Gasteiger partial charge in [-0.1, -0.05) is 31.2 Å². The molecule has 0 spiro atoms. The van der Waals surface area contributed by atoms with Crippen LogP contribution in [0, 0.1) is 5.41 Å². The van der Waals surface area contributed by atoms with Crippen LogP contribution in [0.2, 0.25) is 0 Å². The molecule has 0 saturated carbocycles. The highest BCUT2D eigenvalue weighted by atomic mass is 16.2. The molecule has 2 N–H and O–H groups in total. The van der Waals surface area contributed by atoms with Crippen LogP contribution in [0.5, 0.6) is 0 Å². The minimum Gasteiger partial charge on any atom is -0.353 e. The van der Waals surface area contributed by atoms with Crippen LogP contribution in [0.4, 0.5) is 0 Å². The summed E-state index contributed by atoms with van der Waals surface area (Å²) in [7, 11) is 0. The molecule has 1 amide bonds. The lowest BCUT2D eigenvalue weighted by Crippen LogP contribution is -2.51. The minimum atomic E-state index is -0.137. The summed E-state index contributed by atoms with van der Waals surface area (Å²) in [5, 5.41) is 6.72. The molecule has 114 valence electrons. The Labute approximate surface area is 127 Å². The molecule has 1 unspecified atom stereocenters. The first-order valence-electron chi connectivity index (χ1n) is 8.32. The van der Waals surface area contributed by atoms with E-state index in [1.807, 2.05) is 0 Å². The van der Waals surface area contributed by atoms with Gasteiger partial charge in [-0.2, -0.15) is 0 Å². The van der Waals surface area contributed by atoms with Crippen LogP contribution in [0.3, 0.4) is 0 Å². The molecule has 1 atom stereocenters. The van der Waals surface area contributed by atoms with Gasteiger partial charge in [-0.3, -0.25) is 4.79 Å². The molecule has 1 heterocycles. The Morgan fingerprint density at radius 3 is 2.71 bits per heavy atom. The molecule has 1 aromatic rings. The molecule has 1 aliphatic heterocycles. The second-order valence-electron chi connectivity index (χ2n) is 6.57. The molecule has 3 nitrogen and oxygen atoms in total. The first kappa shape index (κ1) is 14.6. The van der Waals surface area contributed by atoms with Gasteiger partial charge < -0.3 is 10.6 Å².